The van der Waals surface area contributed by atoms with Crippen LogP contribution in [0, 0.1) is 0 Å². The minimum atomic E-state index is -6.85. The summed E-state index contributed by atoms with van der Waals surface area (Å²) in [4.78, 5) is 11.2. The van der Waals surface area contributed by atoms with Gasteiger partial charge in [-0.3, -0.25) is 0 Å². The number of halogens is 9. The largest absolute Gasteiger partial charge is 0.462 e. The molecular weight excluding hydrogens is 351 g/mol. The quantitative estimate of drug-likeness (QED) is 0.341. The monoisotopic (exact) mass is 362 g/mol. The van der Waals surface area contributed by atoms with Crippen molar-refractivity contribution in [3.05, 3.63) is 11.6 Å². The second-order valence-electron chi connectivity index (χ2n) is 4.32. The first kappa shape index (κ1) is 21.5. The third kappa shape index (κ3) is 4.52. The predicted octanol–water partition coefficient (Wildman–Crippen LogP) is 3.33. The van der Waals surface area contributed by atoms with E-state index in [1.165, 1.54) is 0 Å². The van der Waals surface area contributed by atoms with Gasteiger partial charge in [0.1, 0.15) is 0 Å². The van der Waals surface area contributed by atoms with Crippen molar-refractivity contribution in [2.45, 2.75) is 37.3 Å². The topological polar surface area (TPSA) is 46.5 Å². The number of carbonyl (C=O) groups excluding carboxylic acids is 1. The van der Waals surface area contributed by atoms with Crippen LogP contribution >= 0.6 is 0 Å². The van der Waals surface area contributed by atoms with Crippen LogP contribution in [0.3, 0.4) is 0 Å². The van der Waals surface area contributed by atoms with Gasteiger partial charge in [0.25, 0.3) is 5.67 Å². The van der Waals surface area contributed by atoms with Crippen LogP contribution in [0.25, 0.3) is 0 Å². The highest BCUT2D eigenvalue weighted by molar-refractivity contribution is 5.88. The zero-order chi connectivity index (χ0) is 18.7. The van der Waals surface area contributed by atoms with E-state index >= 15 is 0 Å². The van der Waals surface area contributed by atoms with E-state index in [2.05, 4.69) is 4.74 Å². The van der Waals surface area contributed by atoms with E-state index in [0.717, 1.165) is 0 Å². The number of ether oxygens (including phenoxy) is 1. The summed E-state index contributed by atoms with van der Waals surface area (Å²) in [5.74, 6) is -8.56. The molecule has 0 aliphatic carbocycles. The summed E-state index contributed by atoms with van der Waals surface area (Å²) in [5.41, 5.74) is -7.59. The minimum absolute atomic E-state index is 0.169. The number of hydrogen-bond donors (Lipinski definition) is 1. The fraction of sp³-hybridized carbons (Fsp3) is 0.727. The Labute approximate surface area is 123 Å². The Hall–Kier alpha value is -1.46. The van der Waals surface area contributed by atoms with Crippen LogP contribution in [0.4, 0.5) is 39.5 Å². The summed E-state index contributed by atoms with van der Waals surface area (Å²) in [5, 5.41) is 8.37. The molecule has 23 heavy (non-hydrogen) atoms. The van der Waals surface area contributed by atoms with E-state index in [4.69, 9.17) is 5.11 Å². The van der Waals surface area contributed by atoms with Crippen LogP contribution in [0.5, 0.6) is 0 Å². The van der Waals surface area contributed by atoms with Gasteiger partial charge in [0.15, 0.2) is 0 Å². The van der Waals surface area contributed by atoms with Crippen molar-refractivity contribution in [2.75, 3.05) is 13.2 Å². The van der Waals surface area contributed by atoms with Gasteiger partial charge < -0.3 is 9.84 Å². The smallest absolute Gasteiger partial charge is 0.457 e. The first-order valence-corrected chi connectivity index (χ1v) is 5.79. The second kappa shape index (κ2) is 6.97. The molecule has 12 heteroatoms. The van der Waals surface area contributed by atoms with E-state index < -0.39 is 54.8 Å². The van der Waals surface area contributed by atoms with Gasteiger partial charge >= 0.3 is 24.2 Å². The summed E-state index contributed by atoms with van der Waals surface area (Å²) >= 11 is 0. The van der Waals surface area contributed by atoms with Crippen molar-refractivity contribution >= 4 is 5.97 Å². The highest BCUT2D eigenvalue weighted by Gasteiger charge is 2.80. The van der Waals surface area contributed by atoms with E-state index in [1.807, 2.05) is 0 Å². The van der Waals surface area contributed by atoms with E-state index in [1.54, 1.807) is 0 Å². The number of rotatable bonds is 6. The lowest BCUT2D eigenvalue weighted by Crippen LogP contribution is -2.61. The molecule has 0 aliphatic heterocycles. The molecule has 1 unspecified atom stereocenters. The van der Waals surface area contributed by atoms with Crippen LogP contribution in [-0.2, 0) is 9.53 Å². The Morgan fingerprint density at radius 2 is 1.48 bits per heavy atom. The molecule has 0 spiro atoms. The molecule has 0 aliphatic rings. The second-order valence-corrected chi connectivity index (χ2v) is 4.32. The number of alkyl halides is 9. The molecule has 0 radical (unpaired) electrons. The van der Waals surface area contributed by atoms with Gasteiger partial charge in [-0.05, 0) is 13.0 Å². The lowest BCUT2D eigenvalue weighted by Gasteiger charge is -2.34. The maximum absolute atomic E-state index is 13.7. The maximum atomic E-state index is 13.7. The van der Waals surface area contributed by atoms with Crippen LogP contribution in [0.2, 0.25) is 0 Å². The number of esters is 1. The average molecular weight is 362 g/mol. The lowest BCUT2D eigenvalue weighted by molar-refractivity contribution is -0.369. The van der Waals surface area contributed by atoms with Gasteiger partial charge in [-0.15, -0.1) is 0 Å². The molecule has 0 saturated carbocycles. The molecule has 0 amide bonds. The molecule has 0 aromatic carbocycles. The van der Waals surface area contributed by atoms with Gasteiger partial charge in [-0.2, -0.15) is 35.1 Å². The van der Waals surface area contributed by atoms with Crippen LogP contribution in [0.15, 0.2) is 11.6 Å². The number of hydrogen-bond acceptors (Lipinski definition) is 3. The van der Waals surface area contributed by atoms with E-state index in [9.17, 15) is 44.3 Å². The Bertz CT molecular complexity index is 453. The molecule has 0 bridgehead atoms. The van der Waals surface area contributed by atoms with Gasteiger partial charge in [0.05, 0.1) is 6.61 Å². The molecule has 0 aromatic heterocycles. The van der Waals surface area contributed by atoms with Crippen molar-refractivity contribution in [3.63, 3.8) is 0 Å². The third-order valence-corrected chi connectivity index (χ3v) is 2.50. The number of aliphatic hydroxyl groups excluding tert-OH is 1. The standard InChI is InChI=1S/C11H11F9O3/c1-6(7(22)23-4-2-3-21)5-8(12,10(15,16)17)9(13,14)11(18,19)20/h5,21H,2-4H2,1H3. The van der Waals surface area contributed by atoms with Crippen LogP contribution < -0.4 is 0 Å². The fourth-order valence-corrected chi connectivity index (χ4v) is 1.26. The molecular formula is C11H11F9O3. The number of carbonyl (C=O) groups is 1. The third-order valence-electron chi connectivity index (χ3n) is 2.50. The summed E-state index contributed by atoms with van der Waals surface area (Å²) in [6, 6.07) is 0. The molecule has 0 rings (SSSR count). The Balaban J connectivity index is 5.77. The van der Waals surface area contributed by atoms with Gasteiger partial charge in [-0.1, -0.05) is 0 Å². The summed E-state index contributed by atoms with van der Waals surface area (Å²) in [6.07, 6.45) is -14.8. The molecule has 0 saturated heterocycles. The first-order chi connectivity index (χ1) is 10.1. The van der Waals surface area contributed by atoms with Crippen molar-refractivity contribution in [3.8, 4) is 0 Å². The zero-order valence-corrected chi connectivity index (χ0v) is 11.4. The number of allylic oxidation sites excluding steroid dienone is 1. The average Bonchev–Trinajstić information content (AvgIpc) is 2.35. The summed E-state index contributed by atoms with van der Waals surface area (Å²) < 4.78 is 117. The van der Waals surface area contributed by atoms with E-state index in [0.29, 0.717) is 6.92 Å². The van der Waals surface area contributed by atoms with Crippen molar-refractivity contribution < 1.29 is 54.2 Å². The molecule has 3 nitrogen and oxygen atoms in total. The molecule has 0 heterocycles. The zero-order valence-electron chi connectivity index (χ0n) is 11.4. The lowest BCUT2D eigenvalue weighted by atomic mass is 9.93. The highest BCUT2D eigenvalue weighted by atomic mass is 19.4. The Morgan fingerprint density at radius 3 is 1.83 bits per heavy atom. The van der Waals surface area contributed by atoms with Crippen LogP contribution in [0.1, 0.15) is 13.3 Å². The van der Waals surface area contributed by atoms with Crippen molar-refractivity contribution in [2.24, 2.45) is 0 Å². The van der Waals surface area contributed by atoms with Crippen molar-refractivity contribution in [1.29, 1.82) is 0 Å². The predicted molar refractivity (Wildman–Crippen MR) is 57.3 cm³/mol. The minimum Gasteiger partial charge on any atom is -0.462 e. The summed E-state index contributed by atoms with van der Waals surface area (Å²) in [7, 11) is 0. The molecule has 1 N–H and O–H groups in total. The first-order valence-electron chi connectivity index (χ1n) is 5.79. The highest BCUT2D eigenvalue weighted by Crippen LogP contribution is 2.53. The molecule has 136 valence electrons. The molecule has 0 aromatic rings. The summed E-state index contributed by atoms with van der Waals surface area (Å²) in [6.45, 7) is -0.660. The maximum Gasteiger partial charge on any atom is 0.457 e. The molecule has 0 fully saturated rings. The SMILES string of the molecule is CC(=CC(F)(C(F)(F)F)C(F)(F)C(F)(F)F)C(=O)OCCCO. The fourth-order valence-electron chi connectivity index (χ4n) is 1.26. The Kier molecular flexibility index (Phi) is 6.53. The van der Waals surface area contributed by atoms with Gasteiger partial charge in [-0.25, -0.2) is 9.18 Å². The normalized spacial score (nSPS) is 16.9. The van der Waals surface area contributed by atoms with Crippen LogP contribution in [-0.4, -0.2) is 48.2 Å². The Morgan fingerprint density at radius 1 is 1.00 bits per heavy atom. The van der Waals surface area contributed by atoms with Gasteiger partial charge in [0, 0.05) is 18.6 Å². The molecule has 1 atom stereocenters. The number of aliphatic hydroxyl groups is 1. The van der Waals surface area contributed by atoms with E-state index in [-0.39, 0.29) is 6.42 Å². The van der Waals surface area contributed by atoms with Crippen molar-refractivity contribution in [1.82, 2.24) is 0 Å². The van der Waals surface area contributed by atoms with Gasteiger partial charge in [0.2, 0.25) is 0 Å².